The number of H-pyrrole nitrogens is 1. The molecule has 3 heterocycles. The Morgan fingerprint density at radius 1 is 1.24 bits per heavy atom. The molecule has 4 aromatic rings. The van der Waals surface area contributed by atoms with E-state index in [1.54, 1.807) is 42.7 Å². The van der Waals surface area contributed by atoms with Crippen molar-refractivity contribution in [2.45, 2.75) is 5.16 Å². The van der Waals surface area contributed by atoms with Gasteiger partial charge in [-0.2, -0.15) is 0 Å². The van der Waals surface area contributed by atoms with Crippen LogP contribution in [0.15, 0.2) is 66.9 Å². The van der Waals surface area contributed by atoms with Gasteiger partial charge in [0.15, 0.2) is 5.16 Å². The van der Waals surface area contributed by atoms with Crippen molar-refractivity contribution in [3.8, 4) is 11.3 Å². The molecule has 0 atom stereocenters. The molecule has 0 saturated heterocycles. The van der Waals surface area contributed by atoms with Crippen molar-refractivity contribution in [2.24, 2.45) is 0 Å². The minimum absolute atomic E-state index is 0.0624. The molecule has 1 aromatic carbocycles. The second-order valence-corrected chi connectivity index (χ2v) is 8.59. The normalized spacial score (nSPS) is 10.9. The highest BCUT2D eigenvalue weighted by atomic mass is 79.9. The van der Waals surface area contributed by atoms with E-state index in [0.29, 0.717) is 32.3 Å². The molecule has 2 N–H and O–H groups in total. The summed E-state index contributed by atoms with van der Waals surface area (Å²) in [6.45, 7) is 0. The van der Waals surface area contributed by atoms with E-state index in [0.717, 1.165) is 16.2 Å². The number of amides is 2. The molecule has 2 amide bonds. The second kappa shape index (κ2) is 8.36. The molecule has 0 spiro atoms. The van der Waals surface area contributed by atoms with Gasteiger partial charge in [0.1, 0.15) is 10.6 Å². The Balaban J connectivity index is 1.44. The van der Waals surface area contributed by atoms with Crippen LogP contribution in [0.4, 0.5) is 0 Å². The number of thioether (sulfide) groups is 1. The van der Waals surface area contributed by atoms with Crippen LogP contribution < -0.4 is 10.9 Å². The molecule has 29 heavy (non-hydrogen) atoms. The fourth-order valence-electron chi connectivity index (χ4n) is 2.58. The summed E-state index contributed by atoms with van der Waals surface area (Å²) >= 11 is 5.66. The molecular weight excluding hydrogens is 478 g/mol. The molecular formula is C19H12BrN3O4S2. The molecule has 3 aromatic heterocycles. The lowest BCUT2D eigenvalue weighted by Crippen LogP contribution is -2.31. The van der Waals surface area contributed by atoms with Gasteiger partial charge in [-0.3, -0.25) is 19.7 Å². The van der Waals surface area contributed by atoms with E-state index < -0.39 is 11.8 Å². The van der Waals surface area contributed by atoms with Gasteiger partial charge < -0.3 is 9.40 Å². The first-order valence-corrected chi connectivity index (χ1v) is 10.9. The Hall–Kier alpha value is -2.69. The predicted molar refractivity (Wildman–Crippen MR) is 115 cm³/mol. The predicted octanol–water partition coefficient (Wildman–Crippen LogP) is 4.06. The van der Waals surface area contributed by atoms with Gasteiger partial charge in [-0.05, 0) is 36.4 Å². The Morgan fingerprint density at radius 2 is 2.03 bits per heavy atom. The number of hydrogen-bond acceptors (Lipinski definition) is 7. The molecule has 4 rings (SSSR count). The van der Waals surface area contributed by atoms with Crippen molar-refractivity contribution in [3.05, 3.63) is 68.4 Å². The SMILES string of the molecule is O=C(CSc1nc2scc(-c3ccco3)c2c(=O)[nH]1)NC(=O)c1ccc(Br)cc1. The average molecular weight is 490 g/mol. The quantitative estimate of drug-likeness (QED) is 0.323. The third kappa shape index (κ3) is 4.34. The van der Waals surface area contributed by atoms with Crippen LogP contribution in [0.2, 0.25) is 0 Å². The van der Waals surface area contributed by atoms with Crippen LogP contribution in [-0.4, -0.2) is 27.5 Å². The third-order valence-corrected chi connectivity index (χ3v) is 6.18. The number of fused-ring (bicyclic) bond motifs is 1. The van der Waals surface area contributed by atoms with Crippen molar-refractivity contribution >= 4 is 61.1 Å². The highest BCUT2D eigenvalue weighted by molar-refractivity contribution is 9.10. The molecule has 0 radical (unpaired) electrons. The van der Waals surface area contributed by atoms with Crippen LogP contribution in [-0.2, 0) is 4.79 Å². The molecule has 0 aliphatic heterocycles. The zero-order valence-corrected chi connectivity index (χ0v) is 17.8. The lowest BCUT2D eigenvalue weighted by Gasteiger charge is -2.04. The van der Waals surface area contributed by atoms with Crippen molar-refractivity contribution < 1.29 is 14.0 Å². The fourth-order valence-corrected chi connectivity index (χ4v) is 4.49. The summed E-state index contributed by atoms with van der Waals surface area (Å²) in [5.41, 5.74) is 0.748. The number of hydrogen-bond donors (Lipinski definition) is 2. The van der Waals surface area contributed by atoms with Gasteiger partial charge in [-0.15, -0.1) is 11.3 Å². The molecule has 0 aliphatic rings. The maximum absolute atomic E-state index is 12.5. The van der Waals surface area contributed by atoms with E-state index in [1.807, 2.05) is 5.38 Å². The topological polar surface area (TPSA) is 105 Å². The van der Waals surface area contributed by atoms with Crippen LogP contribution in [0.3, 0.4) is 0 Å². The molecule has 0 unspecified atom stereocenters. The fraction of sp³-hybridized carbons (Fsp3) is 0.0526. The largest absolute Gasteiger partial charge is 0.464 e. The van der Waals surface area contributed by atoms with E-state index in [9.17, 15) is 14.4 Å². The summed E-state index contributed by atoms with van der Waals surface area (Å²) in [5.74, 6) is -0.433. The number of furan rings is 1. The van der Waals surface area contributed by atoms with E-state index in [4.69, 9.17) is 4.42 Å². The Morgan fingerprint density at radius 3 is 2.76 bits per heavy atom. The third-order valence-electron chi connectivity index (χ3n) is 3.91. The smallest absolute Gasteiger partial charge is 0.261 e. The number of rotatable bonds is 5. The van der Waals surface area contributed by atoms with E-state index in [-0.39, 0.29) is 11.3 Å². The van der Waals surface area contributed by atoms with Gasteiger partial charge in [0.2, 0.25) is 5.91 Å². The molecule has 0 saturated carbocycles. The number of carbonyl (C=O) groups excluding carboxylic acids is 2. The first-order valence-electron chi connectivity index (χ1n) is 8.29. The number of nitrogens with zero attached hydrogens (tertiary/aromatic N) is 1. The van der Waals surface area contributed by atoms with Gasteiger partial charge in [0.25, 0.3) is 11.5 Å². The number of thiophene rings is 1. The van der Waals surface area contributed by atoms with Gasteiger partial charge in [-0.25, -0.2) is 4.98 Å². The van der Waals surface area contributed by atoms with Crippen LogP contribution in [0.5, 0.6) is 0 Å². The summed E-state index contributed by atoms with van der Waals surface area (Å²) in [6.07, 6.45) is 1.54. The molecule has 0 fully saturated rings. The number of benzene rings is 1. The van der Waals surface area contributed by atoms with Crippen molar-refractivity contribution in [2.75, 3.05) is 5.75 Å². The van der Waals surface area contributed by atoms with Crippen molar-refractivity contribution in [1.29, 1.82) is 0 Å². The molecule has 146 valence electrons. The summed E-state index contributed by atoms with van der Waals surface area (Å²) in [4.78, 5) is 44.3. The van der Waals surface area contributed by atoms with E-state index in [1.165, 1.54) is 11.3 Å². The van der Waals surface area contributed by atoms with E-state index >= 15 is 0 Å². The highest BCUT2D eigenvalue weighted by Crippen LogP contribution is 2.31. The first kappa shape index (κ1) is 19.6. The highest BCUT2D eigenvalue weighted by Gasteiger charge is 2.16. The summed E-state index contributed by atoms with van der Waals surface area (Å²) in [7, 11) is 0. The lowest BCUT2D eigenvalue weighted by atomic mass is 10.2. The maximum Gasteiger partial charge on any atom is 0.261 e. The van der Waals surface area contributed by atoms with Crippen LogP contribution in [0, 0.1) is 0 Å². The van der Waals surface area contributed by atoms with Crippen molar-refractivity contribution in [3.63, 3.8) is 0 Å². The summed E-state index contributed by atoms with van der Waals surface area (Å²) < 4.78 is 6.20. The number of aromatic amines is 1. The van der Waals surface area contributed by atoms with Gasteiger partial charge in [-0.1, -0.05) is 27.7 Å². The molecule has 7 nitrogen and oxygen atoms in total. The zero-order valence-electron chi connectivity index (χ0n) is 14.6. The number of carbonyl (C=O) groups is 2. The minimum Gasteiger partial charge on any atom is -0.464 e. The summed E-state index contributed by atoms with van der Waals surface area (Å²) in [5, 5.41) is 4.88. The minimum atomic E-state index is -0.485. The number of imide groups is 1. The maximum atomic E-state index is 12.5. The second-order valence-electron chi connectivity index (χ2n) is 5.85. The van der Waals surface area contributed by atoms with Crippen LogP contribution in [0.25, 0.3) is 21.5 Å². The standard InChI is InChI=1S/C19H12BrN3O4S2/c20-11-5-3-10(4-6-11)16(25)21-14(24)9-29-19-22-17(26)15-12(8-28-18(15)23-19)13-2-1-7-27-13/h1-8H,9H2,(H,21,24,25)(H,22,23,26). The first-order chi connectivity index (χ1) is 14.0. The summed E-state index contributed by atoms with van der Waals surface area (Å²) in [6, 6.07) is 10.2. The van der Waals surface area contributed by atoms with Crippen molar-refractivity contribution in [1.82, 2.24) is 15.3 Å². The lowest BCUT2D eigenvalue weighted by molar-refractivity contribution is -0.117. The number of halogens is 1. The molecule has 0 bridgehead atoms. The Bertz CT molecular complexity index is 1250. The van der Waals surface area contributed by atoms with E-state index in [2.05, 4.69) is 31.2 Å². The van der Waals surface area contributed by atoms with Gasteiger partial charge in [0.05, 0.1) is 17.4 Å². The number of nitrogens with one attached hydrogen (secondary N) is 2. The van der Waals surface area contributed by atoms with Gasteiger partial charge in [0, 0.05) is 21.0 Å². The van der Waals surface area contributed by atoms with Crippen LogP contribution in [0.1, 0.15) is 10.4 Å². The zero-order chi connectivity index (χ0) is 20.4. The molecule has 10 heteroatoms. The Labute approximate surface area is 180 Å². The molecule has 0 aliphatic carbocycles. The average Bonchev–Trinajstić information content (AvgIpc) is 3.36. The Kier molecular flexibility index (Phi) is 5.65. The number of aromatic nitrogens is 2. The van der Waals surface area contributed by atoms with Gasteiger partial charge >= 0.3 is 0 Å². The van der Waals surface area contributed by atoms with Crippen LogP contribution >= 0.6 is 39.0 Å². The monoisotopic (exact) mass is 489 g/mol.